The summed E-state index contributed by atoms with van der Waals surface area (Å²) in [7, 11) is 0. The van der Waals surface area contributed by atoms with Crippen LogP contribution in [0, 0.1) is 0 Å². The van der Waals surface area contributed by atoms with Crippen LogP contribution in [0.15, 0.2) is 259 Å². The van der Waals surface area contributed by atoms with Crippen LogP contribution in [0.4, 0.5) is 17.1 Å². The van der Waals surface area contributed by atoms with E-state index in [9.17, 15) is 0 Å². The number of para-hydroxylation sites is 3. The lowest BCUT2D eigenvalue weighted by molar-refractivity contribution is 0.669. The third-order valence-electron chi connectivity index (χ3n) is 13.4. The zero-order valence-corrected chi connectivity index (χ0v) is 36.6. The van der Waals surface area contributed by atoms with Crippen LogP contribution in [0.2, 0.25) is 0 Å². The summed E-state index contributed by atoms with van der Waals surface area (Å²) in [6, 6.07) is 91.7. The Hall–Kier alpha value is -8.92. The fourth-order valence-corrected chi connectivity index (χ4v) is 10.3. The molecule has 0 aliphatic heterocycles. The second-order valence-electron chi connectivity index (χ2n) is 17.2. The predicted molar refractivity (Wildman–Crippen MR) is 282 cm³/mol. The second kappa shape index (κ2) is 16.0. The van der Waals surface area contributed by atoms with Crippen molar-refractivity contribution in [3.8, 4) is 50.2 Å². The molecule has 0 saturated heterocycles. The molecule has 0 aliphatic carbocycles. The maximum absolute atomic E-state index is 6.70. The molecule has 314 valence electrons. The van der Waals surface area contributed by atoms with E-state index in [0.29, 0.717) is 0 Å². The van der Waals surface area contributed by atoms with Gasteiger partial charge < -0.3 is 13.9 Å². The Morgan fingerprint density at radius 2 is 0.866 bits per heavy atom. The lowest BCUT2D eigenvalue weighted by Gasteiger charge is -2.26. The topological polar surface area (TPSA) is 21.3 Å². The molecule has 2 aromatic heterocycles. The summed E-state index contributed by atoms with van der Waals surface area (Å²) in [5, 5.41) is 7.16. The van der Waals surface area contributed by atoms with Crippen LogP contribution in [-0.4, -0.2) is 4.57 Å². The average Bonchev–Trinajstić information content (AvgIpc) is 3.96. The number of anilines is 3. The van der Waals surface area contributed by atoms with Crippen LogP contribution in [0.3, 0.4) is 0 Å². The summed E-state index contributed by atoms with van der Waals surface area (Å²) in [6.45, 7) is 0. The molecule has 0 amide bonds. The highest BCUT2D eigenvalue weighted by Crippen LogP contribution is 2.45. The van der Waals surface area contributed by atoms with Crippen molar-refractivity contribution in [2.45, 2.75) is 0 Å². The summed E-state index contributed by atoms with van der Waals surface area (Å²) in [6.07, 6.45) is 0. The highest BCUT2D eigenvalue weighted by molar-refractivity contribution is 6.19. The van der Waals surface area contributed by atoms with Gasteiger partial charge in [0, 0.05) is 44.0 Å². The van der Waals surface area contributed by atoms with Gasteiger partial charge in [-0.3, -0.25) is 0 Å². The quantitative estimate of drug-likeness (QED) is 0.152. The van der Waals surface area contributed by atoms with Gasteiger partial charge in [0.1, 0.15) is 5.58 Å². The van der Waals surface area contributed by atoms with Gasteiger partial charge in [-0.25, -0.2) is 0 Å². The minimum Gasteiger partial charge on any atom is -0.454 e. The molecule has 0 spiro atoms. The molecule has 0 atom stereocenters. The first-order valence-electron chi connectivity index (χ1n) is 22.9. The molecule has 67 heavy (non-hydrogen) atoms. The minimum atomic E-state index is 0.853. The fourth-order valence-electron chi connectivity index (χ4n) is 10.3. The van der Waals surface area contributed by atoms with E-state index in [2.05, 4.69) is 258 Å². The van der Waals surface area contributed by atoms with Gasteiger partial charge >= 0.3 is 0 Å². The van der Waals surface area contributed by atoms with Gasteiger partial charge in [-0.1, -0.05) is 200 Å². The molecule has 13 rings (SSSR count). The molecule has 2 heterocycles. The second-order valence-corrected chi connectivity index (χ2v) is 17.2. The minimum absolute atomic E-state index is 0.853. The van der Waals surface area contributed by atoms with Gasteiger partial charge in [0.05, 0.1) is 16.7 Å². The Balaban J connectivity index is 0.931. The monoisotopic (exact) mass is 854 g/mol. The fraction of sp³-hybridized carbons (Fsp3) is 0. The zero-order valence-electron chi connectivity index (χ0n) is 36.6. The first-order valence-corrected chi connectivity index (χ1v) is 22.9. The lowest BCUT2D eigenvalue weighted by Crippen LogP contribution is -2.10. The van der Waals surface area contributed by atoms with E-state index in [-0.39, 0.29) is 0 Å². The highest BCUT2D eigenvalue weighted by atomic mass is 16.3. The highest BCUT2D eigenvalue weighted by Gasteiger charge is 2.21. The van der Waals surface area contributed by atoms with Crippen LogP contribution in [-0.2, 0) is 0 Å². The van der Waals surface area contributed by atoms with Gasteiger partial charge in [-0.2, -0.15) is 0 Å². The van der Waals surface area contributed by atoms with E-state index in [1.165, 1.54) is 60.4 Å². The normalized spacial score (nSPS) is 11.6. The Kier molecular flexibility index (Phi) is 9.17. The molecular formula is C64H42N2O. The number of nitrogens with zero attached hydrogens (tertiary/aromatic N) is 2. The summed E-state index contributed by atoms with van der Waals surface area (Å²) in [4.78, 5) is 2.33. The first-order chi connectivity index (χ1) is 33.2. The number of benzene rings is 11. The number of hydrogen-bond donors (Lipinski definition) is 0. The van der Waals surface area contributed by atoms with E-state index in [0.717, 1.165) is 61.4 Å². The maximum atomic E-state index is 6.70. The zero-order chi connectivity index (χ0) is 44.3. The largest absolute Gasteiger partial charge is 0.454 e. The van der Waals surface area contributed by atoms with Gasteiger partial charge in [-0.05, 0) is 104 Å². The van der Waals surface area contributed by atoms with Gasteiger partial charge in [0.15, 0.2) is 5.58 Å². The van der Waals surface area contributed by atoms with E-state index >= 15 is 0 Å². The van der Waals surface area contributed by atoms with Crippen molar-refractivity contribution < 1.29 is 4.42 Å². The van der Waals surface area contributed by atoms with Crippen LogP contribution >= 0.6 is 0 Å². The Bertz CT molecular complexity index is 3960. The van der Waals surface area contributed by atoms with Crippen molar-refractivity contribution in [2.75, 3.05) is 4.90 Å². The van der Waals surface area contributed by atoms with Crippen molar-refractivity contribution in [1.29, 1.82) is 0 Å². The van der Waals surface area contributed by atoms with Crippen LogP contribution in [0.1, 0.15) is 0 Å². The number of fused-ring (bicyclic) bond motifs is 8. The van der Waals surface area contributed by atoms with Crippen LogP contribution in [0.25, 0.3) is 105 Å². The van der Waals surface area contributed by atoms with Crippen molar-refractivity contribution >= 4 is 71.6 Å². The van der Waals surface area contributed by atoms with Crippen molar-refractivity contribution in [3.63, 3.8) is 0 Å². The summed E-state index contributed by atoms with van der Waals surface area (Å²) >= 11 is 0. The molecule has 0 saturated carbocycles. The third-order valence-corrected chi connectivity index (χ3v) is 13.4. The summed E-state index contributed by atoms with van der Waals surface area (Å²) in [5.41, 5.74) is 17.8. The molecule has 11 aromatic carbocycles. The molecule has 0 N–H and O–H groups in total. The number of rotatable bonds is 8. The lowest BCUT2D eigenvalue weighted by atomic mass is 9.89. The average molecular weight is 855 g/mol. The van der Waals surface area contributed by atoms with E-state index < -0.39 is 0 Å². The molecular weight excluding hydrogens is 813 g/mol. The van der Waals surface area contributed by atoms with Gasteiger partial charge in [-0.15, -0.1) is 0 Å². The summed E-state index contributed by atoms with van der Waals surface area (Å²) < 4.78 is 9.14. The Morgan fingerprint density at radius 1 is 0.328 bits per heavy atom. The third kappa shape index (κ3) is 6.51. The summed E-state index contributed by atoms with van der Waals surface area (Å²) in [5.74, 6) is 0. The van der Waals surface area contributed by atoms with E-state index in [4.69, 9.17) is 4.42 Å². The number of hydrogen-bond acceptors (Lipinski definition) is 2. The standard InChI is InChI=1S/C64H42N2O/c1-3-16-44(17-4-1)51-21-9-11-24-54(51)55-25-12-10-22-52(55)46-32-38-50(39-33-46)65(60-28-15-27-59-57-26-13-14-29-62(57)67-64(59)60)49-36-30-43(31-37-49)47-35-40-56-58-41-34-45-18-7-8-23-53(45)63(58)66(61(56)42-47)48-19-5-2-6-20-48/h1-42H. The predicted octanol–water partition coefficient (Wildman–Crippen LogP) is 18.0. The number of aromatic nitrogens is 1. The van der Waals surface area contributed by atoms with E-state index in [1.807, 2.05) is 6.07 Å². The van der Waals surface area contributed by atoms with Gasteiger partial charge in [0.25, 0.3) is 0 Å². The van der Waals surface area contributed by atoms with Crippen molar-refractivity contribution in [3.05, 3.63) is 255 Å². The smallest absolute Gasteiger partial charge is 0.159 e. The molecule has 13 aromatic rings. The SMILES string of the molecule is c1ccc(-c2ccccc2-c2ccccc2-c2ccc(N(c3ccc(-c4ccc5c6ccc7ccccc7c6n(-c6ccccc6)c5c4)cc3)c3cccc4c3oc3ccccc34)cc2)cc1. The maximum Gasteiger partial charge on any atom is 0.159 e. The van der Waals surface area contributed by atoms with Crippen LogP contribution in [0.5, 0.6) is 0 Å². The number of furan rings is 1. The molecule has 0 bridgehead atoms. The van der Waals surface area contributed by atoms with Gasteiger partial charge in [0.2, 0.25) is 0 Å². The molecule has 3 heteroatoms. The molecule has 3 nitrogen and oxygen atoms in total. The van der Waals surface area contributed by atoms with E-state index in [1.54, 1.807) is 0 Å². The molecule has 0 unspecified atom stereocenters. The Morgan fingerprint density at radius 3 is 1.58 bits per heavy atom. The van der Waals surface area contributed by atoms with Crippen molar-refractivity contribution in [2.24, 2.45) is 0 Å². The molecule has 0 radical (unpaired) electrons. The van der Waals surface area contributed by atoms with Crippen LogP contribution < -0.4 is 4.90 Å². The molecule has 0 aliphatic rings. The molecule has 0 fully saturated rings. The van der Waals surface area contributed by atoms with Crippen molar-refractivity contribution in [1.82, 2.24) is 4.57 Å². The first kappa shape index (κ1) is 38.5. The Labute approximate surface area is 388 Å².